The Kier molecular flexibility index (Phi) is 2.95. The molecule has 1 saturated heterocycles. The van der Waals surface area contributed by atoms with E-state index in [1.165, 1.54) is 0 Å². The van der Waals surface area contributed by atoms with Crippen LogP contribution in [-0.4, -0.2) is 24.0 Å². The number of rotatable bonds is 1. The number of hydrogen-bond acceptors (Lipinski definition) is 3. The van der Waals surface area contributed by atoms with E-state index < -0.39 is 0 Å². The molecule has 1 aliphatic rings. The Hall–Kier alpha value is -1.03. The third kappa shape index (κ3) is 2.31. The van der Waals surface area contributed by atoms with Gasteiger partial charge in [0.2, 0.25) is 0 Å². The number of ketones is 1. The molecule has 1 N–H and O–H groups in total. The summed E-state index contributed by atoms with van der Waals surface area (Å²) in [6.45, 7) is 1.39. The first-order valence-corrected chi connectivity index (χ1v) is 5.71. The summed E-state index contributed by atoms with van der Waals surface area (Å²) in [5, 5.41) is 9.71. The van der Waals surface area contributed by atoms with Crippen LogP contribution in [0, 0.1) is 0 Å². The number of benzene rings is 1. The summed E-state index contributed by atoms with van der Waals surface area (Å²) in [5.41, 5.74) is 0.803. The lowest BCUT2D eigenvalue weighted by Gasteiger charge is -2.28. The molecule has 0 aliphatic carbocycles. The van der Waals surface area contributed by atoms with Gasteiger partial charge >= 0.3 is 0 Å². The second-order valence-corrected chi connectivity index (χ2v) is 4.57. The van der Waals surface area contributed by atoms with Gasteiger partial charge in [-0.05, 0) is 18.2 Å². The van der Waals surface area contributed by atoms with Gasteiger partial charge < -0.3 is 10.0 Å². The molecular weight excluding hydrogens is 258 g/mol. The summed E-state index contributed by atoms with van der Waals surface area (Å²) in [6.07, 6.45) is 1.15. The number of nitrogens with zero attached hydrogens (tertiary/aromatic N) is 1. The normalized spacial score (nSPS) is 16.9. The fourth-order valence-corrected chi connectivity index (χ4v) is 2.10. The average Bonchev–Trinajstić information content (AvgIpc) is 2.23. The minimum Gasteiger partial charge on any atom is -0.506 e. The molecule has 0 spiro atoms. The quantitative estimate of drug-likeness (QED) is 0.851. The summed E-state index contributed by atoms with van der Waals surface area (Å²) in [4.78, 5) is 13.1. The number of phenolic OH excluding ortho intramolecular Hbond substituents is 1. The van der Waals surface area contributed by atoms with Crippen LogP contribution in [0.25, 0.3) is 0 Å². The van der Waals surface area contributed by atoms with Crippen molar-refractivity contribution in [2.75, 3.05) is 18.0 Å². The summed E-state index contributed by atoms with van der Waals surface area (Å²) in [6, 6.07) is 5.34. The molecule has 1 fully saturated rings. The van der Waals surface area contributed by atoms with Gasteiger partial charge in [-0.1, -0.05) is 15.9 Å². The molecule has 0 radical (unpaired) electrons. The lowest BCUT2D eigenvalue weighted by atomic mass is 10.1. The molecule has 0 saturated carbocycles. The Morgan fingerprint density at radius 2 is 1.93 bits per heavy atom. The van der Waals surface area contributed by atoms with E-state index in [4.69, 9.17) is 0 Å². The minimum absolute atomic E-state index is 0.271. The number of piperidine rings is 1. The molecule has 1 aromatic rings. The van der Waals surface area contributed by atoms with E-state index in [9.17, 15) is 9.90 Å². The van der Waals surface area contributed by atoms with Crippen molar-refractivity contribution in [2.24, 2.45) is 0 Å². The van der Waals surface area contributed by atoms with Crippen LogP contribution >= 0.6 is 15.9 Å². The fourth-order valence-electron chi connectivity index (χ4n) is 1.75. The third-order valence-electron chi connectivity index (χ3n) is 2.60. The first kappa shape index (κ1) is 10.5. The zero-order valence-corrected chi connectivity index (χ0v) is 9.83. The van der Waals surface area contributed by atoms with E-state index in [0.29, 0.717) is 31.7 Å². The van der Waals surface area contributed by atoms with E-state index in [-0.39, 0.29) is 5.75 Å². The van der Waals surface area contributed by atoms with Crippen molar-refractivity contribution in [1.82, 2.24) is 0 Å². The molecule has 3 nitrogen and oxygen atoms in total. The second kappa shape index (κ2) is 4.23. The van der Waals surface area contributed by atoms with Gasteiger partial charge in [0.05, 0.1) is 5.69 Å². The number of carbonyl (C=O) groups is 1. The molecule has 0 unspecified atom stereocenters. The van der Waals surface area contributed by atoms with Gasteiger partial charge in [-0.3, -0.25) is 4.79 Å². The van der Waals surface area contributed by atoms with Gasteiger partial charge in [0.25, 0.3) is 0 Å². The molecule has 0 amide bonds. The van der Waals surface area contributed by atoms with E-state index in [0.717, 1.165) is 10.2 Å². The summed E-state index contributed by atoms with van der Waals surface area (Å²) < 4.78 is 0.937. The van der Waals surface area contributed by atoms with Crippen LogP contribution in [0.5, 0.6) is 5.75 Å². The lowest BCUT2D eigenvalue weighted by Crippen LogP contribution is -2.33. The van der Waals surface area contributed by atoms with Crippen LogP contribution < -0.4 is 4.90 Å². The van der Waals surface area contributed by atoms with Crippen LogP contribution in [0.1, 0.15) is 12.8 Å². The van der Waals surface area contributed by atoms with E-state index in [1.54, 1.807) is 12.1 Å². The van der Waals surface area contributed by atoms with Crippen LogP contribution in [-0.2, 0) is 4.79 Å². The highest BCUT2D eigenvalue weighted by molar-refractivity contribution is 9.10. The van der Waals surface area contributed by atoms with Gasteiger partial charge in [-0.15, -0.1) is 0 Å². The maximum absolute atomic E-state index is 11.1. The molecule has 80 valence electrons. The number of halogens is 1. The molecule has 0 atom stereocenters. The molecule has 4 heteroatoms. The number of aromatic hydroxyl groups is 1. The highest BCUT2D eigenvalue weighted by atomic mass is 79.9. The van der Waals surface area contributed by atoms with Gasteiger partial charge in [0.1, 0.15) is 11.5 Å². The standard InChI is InChI=1S/C11H12BrNO2/c12-8-1-2-11(15)10(7-8)13-5-3-9(14)4-6-13/h1-2,7,15H,3-6H2. The van der Waals surface area contributed by atoms with Gasteiger partial charge in [0.15, 0.2) is 0 Å². The first-order valence-electron chi connectivity index (χ1n) is 4.92. The third-order valence-corrected chi connectivity index (χ3v) is 3.09. The van der Waals surface area contributed by atoms with Crippen LogP contribution in [0.3, 0.4) is 0 Å². The molecule has 0 bridgehead atoms. The first-order chi connectivity index (χ1) is 7.16. The summed E-state index contributed by atoms with van der Waals surface area (Å²) >= 11 is 3.37. The number of carbonyl (C=O) groups excluding carboxylic acids is 1. The van der Waals surface area contributed by atoms with Crippen molar-refractivity contribution in [1.29, 1.82) is 0 Å². The Labute approximate surface area is 96.8 Å². The van der Waals surface area contributed by atoms with E-state index >= 15 is 0 Å². The molecule has 1 aromatic carbocycles. The van der Waals surface area contributed by atoms with Crippen molar-refractivity contribution in [3.63, 3.8) is 0 Å². The number of hydrogen-bond donors (Lipinski definition) is 1. The van der Waals surface area contributed by atoms with Crippen LogP contribution in [0.4, 0.5) is 5.69 Å². The van der Waals surface area contributed by atoms with E-state index in [1.807, 2.05) is 11.0 Å². The maximum Gasteiger partial charge on any atom is 0.138 e. The fraction of sp³-hybridized carbons (Fsp3) is 0.364. The summed E-state index contributed by atoms with van der Waals surface area (Å²) in [5.74, 6) is 0.577. The Morgan fingerprint density at radius 1 is 1.27 bits per heavy atom. The maximum atomic E-state index is 11.1. The highest BCUT2D eigenvalue weighted by Gasteiger charge is 2.18. The Bertz CT molecular complexity index is 382. The SMILES string of the molecule is O=C1CCN(c2cc(Br)ccc2O)CC1. The topological polar surface area (TPSA) is 40.5 Å². The Morgan fingerprint density at radius 3 is 2.60 bits per heavy atom. The highest BCUT2D eigenvalue weighted by Crippen LogP contribution is 2.31. The van der Waals surface area contributed by atoms with Crippen LogP contribution in [0.2, 0.25) is 0 Å². The average molecular weight is 270 g/mol. The molecule has 15 heavy (non-hydrogen) atoms. The largest absolute Gasteiger partial charge is 0.506 e. The van der Waals surface area contributed by atoms with E-state index in [2.05, 4.69) is 15.9 Å². The van der Waals surface area contributed by atoms with Gasteiger partial charge in [-0.25, -0.2) is 0 Å². The molecule has 1 aliphatic heterocycles. The van der Waals surface area contributed by atoms with Crippen molar-refractivity contribution in [3.05, 3.63) is 22.7 Å². The number of anilines is 1. The molecule has 0 aromatic heterocycles. The molecule has 2 rings (SSSR count). The predicted molar refractivity (Wildman–Crippen MR) is 62.3 cm³/mol. The zero-order chi connectivity index (χ0) is 10.8. The Balaban J connectivity index is 2.21. The summed E-state index contributed by atoms with van der Waals surface area (Å²) in [7, 11) is 0. The smallest absolute Gasteiger partial charge is 0.138 e. The zero-order valence-electron chi connectivity index (χ0n) is 8.24. The van der Waals surface area contributed by atoms with Gasteiger partial charge in [0, 0.05) is 30.4 Å². The number of phenols is 1. The minimum atomic E-state index is 0.271. The second-order valence-electron chi connectivity index (χ2n) is 3.66. The van der Waals surface area contributed by atoms with Crippen molar-refractivity contribution < 1.29 is 9.90 Å². The van der Waals surface area contributed by atoms with Crippen molar-refractivity contribution in [3.8, 4) is 5.75 Å². The molecular formula is C11H12BrNO2. The van der Waals surface area contributed by atoms with Crippen molar-refractivity contribution >= 4 is 27.4 Å². The van der Waals surface area contributed by atoms with Crippen LogP contribution in [0.15, 0.2) is 22.7 Å². The molecule has 1 heterocycles. The van der Waals surface area contributed by atoms with Gasteiger partial charge in [-0.2, -0.15) is 0 Å². The lowest BCUT2D eigenvalue weighted by molar-refractivity contribution is -0.119. The predicted octanol–water partition coefficient (Wildman–Crippen LogP) is 2.32. The van der Waals surface area contributed by atoms with Crippen molar-refractivity contribution in [2.45, 2.75) is 12.8 Å². The number of Topliss-reactive ketones (excluding diaryl/α,β-unsaturated/α-hetero) is 1. The monoisotopic (exact) mass is 269 g/mol.